The zero-order chi connectivity index (χ0) is 11.3. The molecule has 1 amide bonds. The second-order valence-corrected chi connectivity index (χ2v) is 3.61. The third-order valence-electron chi connectivity index (χ3n) is 1.80. The van der Waals surface area contributed by atoms with Crippen molar-refractivity contribution in [2.75, 3.05) is 0 Å². The van der Waals surface area contributed by atoms with Crippen LogP contribution in [-0.2, 0) is 11.3 Å². The van der Waals surface area contributed by atoms with Crippen molar-refractivity contribution in [1.29, 1.82) is 0 Å². The maximum atomic E-state index is 11.5. The molecular formula is C9H16N4O2. The second-order valence-electron chi connectivity index (χ2n) is 3.61. The van der Waals surface area contributed by atoms with E-state index in [-0.39, 0.29) is 18.0 Å². The molecule has 1 aromatic heterocycles. The lowest BCUT2D eigenvalue weighted by Crippen LogP contribution is -2.44. The zero-order valence-electron chi connectivity index (χ0n) is 9.15. The quantitative estimate of drug-likeness (QED) is 0.722. The number of nitrogens with one attached hydrogen (secondary N) is 2. The lowest BCUT2D eigenvalue weighted by Gasteiger charge is -2.14. The number of hydrogen-bond donors (Lipinski definition) is 2. The van der Waals surface area contributed by atoms with E-state index in [0.29, 0.717) is 12.4 Å². The molecule has 1 unspecified atom stereocenters. The van der Waals surface area contributed by atoms with Crippen molar-refractivity contribution in [2.45, 2.75) is 39.4 Å². The van der Waals surface area contributed by atoms with Gasteiger partial charge in [-0.3, -0.25) is 10.1 Å². The van der Waals surface area contributed by atoms with Gasteiger partial charge in [-0.05, 0) is 20.8 Å². The third-order valence-corrected chi connectivity index (χ3v) is 1.80. The molecule has 1 heterocycles. The summed E-state index contributed by atoms with van der Waals surface area (Å²) < 4.78 is 4.57. The molecule has 6 nitrogen and oxygen atoms in total. The number of hydrogen-bond acceptors (Lipinski definition) is 5. The third kappa shape index (κ3) is 4.07. The summed E-state index contributed by atoms with van der Waals surface area (Å²) in [4.78, 5) is 15.3. The van der Waals surface area contributed by atoms with Crippen LogP contribution < -0.4 is 10.6 Å². The minimum Gasteiger partial charge on any atom is -0.353 e. The van der Waals surface area contributed by atoms with Gasteiger partial charge in [-0.1, -0.05) is 5.16 Å². The summed E-state index contributed by atoms with van der Waals surface area (Å²) in [5, 5.41) is 9.43. The van der Waals surface area contributed by atoms with Gasteiger partial charge >= 0.3 is 0 Å². The minimum absolute atomic E-state index is 0.0338. The maximum Gasteiger partial charge on any atom is 0.237 e. The highest BCUT2D eigenvalue weighted by Gasteiger charge is 2.13. The van der Waals surface area contributed by atoms with Crippen molar-refractivity contribution in [3.05, 3.63) is 12.2 Å². The van der Waals surface area contributed by atoms with Gasteiger partial charge in [-0.15, -0.1) is 0 Å². The van der Waals surface area contributed by atoms with E-state index in [9.17, 15) is 4.79 Å². The Kier molecular flexibility index (Phi) is 4.23. The van der Waals surface area contributed by atoms with Crippen LogP contribution in [0.4, 0.5) is 0 Å². The Labute approximate surface area is 88.4 Å². The van der Waals surface area contributed by atoms with Gasteiger partial charge in [-0.2, -0.15) is 4.98 Å². The van der Waals surface area contributed by atoms with Crippen LogP contribution in [0.15, 0.2) is 10.9 Å². The summed E-state index contributed by atoms with van der Waals surface area (Å²) in [5.41, 5.74) is 0. The molecule has 0 bridgehead atoms. The monoisotopic (exact) mass is 212 g/mol. The van der Waals surface area contributed by atoms with Gasteiger partial charge in [0.2, 0.25) is 12.3 Å². The van der Waals surface area contributed by atoms with Gasteiger partial charge in [0.15, 0.2) is 5.82 Å². The Morgan fingerprint density at radius 2 is 2.27 bits per heavy atom. The average Bonchev–Trinajstić information content (AvgIpc) is 2.65. The van der Waals surface area contributed by atoms with Crippen molar-refractivity contribution in [2.24, 2.45) is 0 Å². The molecular weight excluding hydrogens is 196 g/mol. The van der Waals surface area contributed by atoms with E-state index in [0.717, 1.165) is 0 Å². The highest BCUT2D eigenvalue weighted by atomic mass is 16.5. The molecule has 0 aromatic carbocycles. The highest BCUT2D eigenvalue weighted by Crippen LogP contribution is 1.90. The molecule has 0 saturated heterocycles. The predicted octanol–water partition coefficient (Wildman–Crippen LogP) is 0.0723. The smallest absolute Gasteiger partial charge is 0.237 e. The number of nitrogens with zero attached hydrogens (tertiary/aromatic N) is 2. The molecule has 1 rings (SSSR count). The van der Waals surface area contributed by atoms with E-state index in [1.54, 1.807) is 6.92 Å². The Bertz CT molecular complexity index is 297. The van der Waals surface area contributed by atoms with Crippen LogP contribution >= 0.6 is 0 Å². The number of aromatic nitrogens is 2. The van der Waals surface area contributed by atoms with E-state index in [1.807, 2.05) is 13.8 Å². The molecule has 1 aromatic rings. The van der Waals surface area contributed by atoms with E-state index < -0.39 is 0 Å². The van der Waals surface area contributed by atoms with Gasteiger partial charge in [0, 0.05) is 6.04 Å². The van der Waals surface area contributed by atoms with Crippen molar-refractivity contribution in [1.82, 2.24) is 20.8 Å². The summed E-state index contributed by atoms with van der Waals surface area (Å²) in [5.74, 6) is 0.507. The fourth-order valence-electron chi connectivity index (χ4n) is 1.02. The second kappa shape index (κ2) is 5.45. The topological polar surface area (TPSA) is 80.0 Å². The standard InChI is InChI=1S/C9H16N4O2/c1-6(2)12-9(14)7(3)10-4-8-11-5-15-13-8/h5-7,10H,4H2,1-3H3,(H,12,14). The Hall–Kier alpha value is -1.43. The van der Waals surface area contributed by atoms with Crippen LogP contribution in [-0.4, -0.2) is 28.1 Å². The van der Waals surface area contributed by atoms with Crippen molar-refractivity contribution < 1.29 is 9.32 Å². The first-order chi connectivity index (χ1) is 7.09. The van der Waals surface area contributed by atoms with Crippen molar-refractivity contribution in [3.8, 4) is 0 Å². The van der Waals surface area contributed by atoms with Crippen LogP contribution in [0.3, 0.4) is 0 Å². The zero-order valence-corrected chi connectivity index (χ0v) is 9.15. The number of amides is 1. The first kappa shape index (κ1) is 11.6. The maximum absolute atomic E-state index is 11.5. The molecule has 0 fully saturated rings. The van der Waals surface area contributed by atoms with Gasteiger partial charge in [0.25, 0.3) is 0 Å². The van der Waals surface area contributed by atoms with Gasteiger partial charge in [0.05, 0.1) is 12.6 Å². The first-order valence-corrected chi connectivity index (χ1v) is 4.88. The summed E-state index contributed by atoms with van der Waals surface area (Å²) in [7, 11) is 0. The number of carbonyl (C=O) groups excluding carboxylic acids is 1. The lowest BCUT2D eigenvalue weighted by atomic mass is 10.3. The van der Waals surface area contributed by atoms with E-state index in [1.165, 1.54) is 6.39 Å². The molecule has 2 N–H and O–H groups in total. The SMILES string of the molecule is CC(C)NC(=O)C(C)NCc1ncon1. The highest BCUT2D eigenvalue weighted by molar-refractivity contribution is 5.81. The molecule has 0 spiro atoms. The summed E-state index contributed by atoms with van der Waals surface area (Å²) in [6.45, 7) is 6.05. The van der Waals surface area contributed by atoms with Crippen molar-refractivity contribution in [3.63, 3.8) is 0 Å². The van der Waals surface area contributed by atoms with Crippen LogP contribution in [0.1, 0.15) is 26.6 Å². The first-order valence-electron chi connectivity index (χ1n) is 4.88. The fourth-order valence-corrected chi connectivity index (χ4v) is 1.02. The fraction of sp³-hybridized carbons (Fsp3) is 0.667. The van der Waals surface area contributed by atoms with Crippen LogP contribution in [0.5, 0.6) is 0 Å². The average molecular weight is 212 g/mol. The summed E-state index contributed by atoms with van der Waals surface area (Å²) in [6, 6.07) is -0.127. The molecule has 6 heteroatoms. The van der Waals surface area contributed by atoms with E-state index >= 15 is 0 Å². The molecule has 0 saturated carbocycles. The predicted molar refractivity (Wildman–Crippen MR) is 53.9 cm³/mol. The molecule has 84 valence electrons. The molecule has 0 aliphatic carbocycles. The summed E-state index contributed by atoms with van der Waals surface area (Å²) in [6.07, 6.45) is 1.26. The molecule has 1 atom stereocenters. The van der Waals surface area contributed by atoms with Crippen LogP contribution in [0.25, 0.3) is 0 Å². The Balaban J connectivity index is 2.29. The van der Waals surface area contributed by atoms with Gasteiger partial charge in [0.1, 0.15) is 0 Å². The van der Waals surface area contributed by atoms with Gasteiger partial charge < -0.3 is 9.84 Å². The van der Waals surface area contributed by atoms with Crippen LogP contribution in [0.2, 0.25) is 0 Å². The van der Waals surface area contributed by atoms with Crippen LogP contribution in [0, 0.1) is 0 Å². The van der Waals surface area contributed by atoms with E-state index in [4.69, 9.17) is 0 Å². The molecule has 15 heavy (non-hydrogen) atoms. The van der Waals surface area contributed by atoms with E-state index in [2.05, 4.69) is 25.3 Å². The summed E-state index contributed by atoms with van der Waals surface area (Å²) >= 11 is 0. The molecule has 0 aliphatic heterocycles. The Morgan fingerprint density at radius 3 is 2.80 bits per heavy atom. The molecule has 0 aliphatic rings. The lowest BCUT2D eigenvalue weighted by molar-refractivity contribution is -0.123. The molecule has 0 radical (unpaired) electrons. The van der Waals surface area contributed by atoms with Gasteiger partial charge in [-0.25, -0.2) is 0 Å². The minimum atomic E-state index is -0.272. The normalized spacial score (nSPS) is 12.8. The Morgan fingerprint density at radius 1 is 1.53 bits per heavy atom. The number of carbonyl (C=O) groups is 1. The largest absolute Gasteiger partial charge is 0.353 e. The number of rotatable bonds is 5. The van der Waals surface area contributed by atoms with Crippen molar-refractivity contribution >= 4 is 5.91 Å².